The van der Waals surface area contributed by atoms with Gasteiger partial charge in [0.25, 0.3) is 11.8 Å². The van der Waals surface area contributed by atoms with Gasteiger partial charge >= 0.3 is 5.97 Å². The van der Waals surface area contributed by atoms with Gasteiger partial charge in [0.1, 0.15) is 0 Å². The first-order valence-corrected chi connectivity index (χ1v) is 14.3. The van der Waals surface area contributed by atoms with Crippen molar-refractivity contribution in [3.63, 3.8) is 0 Å². The zero-order chi connectivity index (χ0) is 30.3. The van der Waals surface area contributed by atoms with Gasteiger partial charge in [0.05, 0.1) is 12.1 Å². The van der Waals surface area contributed by atoms with Gasteiger partial charge in [-0.05, 0) is 59.2 Å². The molecule has 0 bridgehead atoms. The molecule has 2 amide bonds. The Hall–Kier alpha value is -5.23. The van der Waals surface area contributed by atoms with E-state index >= 15 is 0 Å². The fourth-order valence-corrected chi connectivity index (χ4v) is 5.46. The highest BCUT2D eigenvalue weighted by Crippen LogP contribution is 2.32. The molecular formula is C37H34N2O4. The summed E-state index contributed by atoms with van der Waals surface area (Å²) in [5, 5.41) is 11.4. The molecular weight excluding hydrogens is 536 g/mol. The molecule has 0 aliphatic carbocycles. The lowest BCUT2D eigenvalue weighted by molar-refractivity contribution is -0.137. The number of rotatable bonds is 10. The van der Waals surface area contributed by atoms with Crippen molar-refractivity contribution in [2.45, 2.75) is 19.8 Å². The summed E-state index contributed by atoms with van der Waals surface area (Å²) in [6, 6.07) is 36.3. The average molecular weight is 571 g/mol. The lowest BCUT2D eigenvalue weighted by atomic mass is 9.93. The van der Waals surface area contributed by atoms with Crippen molar-refractivity contribution >= 4 is 34.2 Å². The van der Waals surface area contributed by atoms with Gasteiger partial charge in [0.15, 0.2) is 0 Å². The van der Waals surface area contributed by atoms with Gasteiger partial charge in [0, 0.05) is 36.7 Å². The van der Waals surface area contributed by atoms with Crippen LogP contribution in [0.15, 0.2) is 115 Å². The van der Waals surface area contributed by atoms with E-state index < -0.39 is 5.97 Å². The SMILES string of the molecule is Cc1ccccc1CCN(CCC(=O)O)C(=O)c1ccccc1-c1ccccc1C(=O)N(C)c1cccc2ccccc12. The van der Waals surface area contributed by atoms with Gasteiger partial charge in [-0.3, -0.25) is 14.4 Å². The summed E-state index contributed by atoms with van der Waals surface area (Å²) in [5.74, 6) is -1.43. The molecule has 0 aliphatic heterocycles. The Morgan fingerprint density at radius 1 is 0.651 bits per heavy atom. The fraction of sp³-hybridized carbons (Fsp3) is 0.162. The monoisotopic (exact) mass is 570 g/mol. The van der Waals surface area contributed by atoms with Crippen molar-refractivity contribution in [3.8, 4) is 11.1 Å². The summed E-state index contributed by atoms with van der Waals surface area (Å²) in [7, 11) is 1.76. The second-order valence-electron chi connectivity index (χ2n) is 10.6. The second kappa shape index (κ2) is 13.2. The number of nitrogens with zero attached hydrogens (tertiary/aromatic N) is 2. The van der Waals surface area contributed by atoms with Gasteiger partial charge in [0.2, 0.25) is 0 Å². The molecule has 1 N–H and O–H groups in total. The number of carbonyl (C=O) groups excluding carboxylic acids is 2. The molecule has 0 aliphatic rings. The summed E-state index contributed by atoms with van der Waals surface area (Å²) < 4.78 is 0. The van der Waals surface area contributed by atoms with Gasteiger partial charge in [-0.25, -0.2) is 0 Å². The molecule has 5 aromatic carbocycles. The maximum Gasteiger partial charge on any atom is 0.305 e. The number of benzene rings is 5. The molecule has 0 saturated carbocycles. The van der Waals surface area contributed by atoms with E-state index in [0.717, 1.165) is 27.6 Å². The number of aliphatic carboxylic acids is 1. The minimum atomic E-state index is -0.964. The Kier molecular flexibility index (Phi) is 8.96. The zero-order valence-corrected chi connectivity index (χ0v) is 24.4. The van der Waals surface area contributed by atoms with Crippen LogP contribution in [0.25, 0.3) is 21.9 Å². The maximum absolute atomic E-state index is 14.1. The number of carboxylic acid groups (broad SMARTS) is 1. The van der Waals surface area contributed by atoms with Crippen LogP contribution in [0, 0.1) is 6.92 Å². The van der Waals surface area contributed by atoms with Crippen LogP contribution >= 0.6 is 0 Å². The largest absolute Gasteiger partial charge is 0.481 e. The summed E-state index contributed by atoms with van der Waals surface area (Å²) >= 11 is 0. The van der Waals surface area contributed by atoms with Gasteiger partial charge in [-0.15, -0.1) is 0 Å². The molecule has 0 unspecified atom stereocenters. The van der Waals surface area contributed by atoms with Crippen LogP contribution in [0.1, 0.15) is 38.3 Å². The van der Waals surface area contributed by atoms with Crippen LogP contribution in [0.4, 0.5) is 5.69 Å². The number of aryl methyl sites for hydroxylation is 1. The molecule has 0 atom stereocenters. The first-order chi connectivity index (χ1) is 20.8. The lowest BCUT2D eigenvalue weighted by Gasteiger charge is -2.25. The van der Waals surface area contributed by atoms with Crippen LogP contribution in [0.2, 0.25) is 0 Å². The predicted molar refractivity (Wildman–Crippen MR) is 172 cm³/mol. The molecule has 5 rings (SSSR count). The normalized spacial score (nSPS) is 10.8. The Bertz CT molecular complexity index is 1790. The molecule has 0 spiro atoms. The van der Waals surface area contributed by atoms with E-state index in [-0.39, 0.29) is 24.8 Å². The molecule has 5 aromatic rings. The molecule has 6 nitrogen and oxygen atoms in total. The van der Waals surface area contributed by atoms with E-state index in [0.29, 0.717) is 35.2 Å². The van der Waals surface area contributed by atoms with Crippen molar-refractivity contribution in [2.75, 3.05) is 25.0 Å². The van der Waals surface area contributed by atoms with Crippen LogP contribution in [-0.4, -0.2) is 47.9 Å². The molecule has 0 heterocycles. The number of anilines is 1. The summed E-state index contributed by atoms with van der Waals surface area (Å²) in [6.45, 7) is 2.48. The molecule has 6 heteroatoms. The molecule has 216 valence electrons. The highest BCUT2D eigenvalue weighted by molar-refractivity contribution is 6.14. The molecule has 0 fully saturated rings. The Labute approximate surface area is 251 Å². The van der Waals surface area contributed by atoms with Crippen LogP contribution in [0.5, 0.6) is 0 Å². The molecule has 0 aromatic heterocycles. The van der Waals surface area contributed by atoms with Crippen LogP contribution in [0.3, 0.4) is 0 Å². The highest BCUT2D eigenvalue weighted by Gasteiger charge is 2.24. The van der Waals surface area contributed by atoms with E-state index in [1.54, 1.807) is 35.0 Å². The highest BCUT2D eigenvalue weighted by atomic mass is 16.4. The quantitative estimate of drug-likeness (QED) is 0.192. The van der Waals surface area contributed by atoms with Crippen molar-refractivity contribution in [1.29, 1.82) is 0 Å². The Morgan fingerprint density at radius 2 is 1.23 bits per heavy atom. The summed E-state index contributed by atoms with van der Waals surface area (Å²) in [4.78, 5) is 42.8. The van der Waals surface area contributed by atoms with Crippen LogP contribution < -0.4 is 4.90 Å². The third kappa shape index (κ3) is 6.49. The minimum Gasteiger partial charge on any atom is -0.481 e. The van der Waals surface area contributed by atoms with E-state index in [4.69, 9.17) is 0 Å². The molecule has 43 heavy (non-hydrogen) atoms. The van der Waals surface area contributed by atoms with Crippen molar-refractivity contribution in [2.24, 2.45) is 0 Å². The third-order valence-corrected chi connectivity index (χ3v) is 7.83. The van der Waals surface area contributed by atoms with E-state index in [1.165, 1.54) is 0 Å². The predicted octanol–water partition coefficient (Wildman–Crippen LogP) is 7.25. The first kappa shape index (κ1) is 29.3. The minimum absolute atomic E-state index is 0.0821. The zero-order valence-electron chi connectivity index (χ0n) is 24.4. The number of carbonyl (C=O) groups is 3. The van der Waals surface area contributed by atoms with Crippen molar-refractivity contribution in [1.82, 2.24) is 4.90 Å². The van der Waals surface area contributed by atoms with Gasteiger partial charge < -0.3 is 14.9 Å². The topological polar surface area (TPSA) is 77.9 Å². The lowest BCUT2D eigenvalue weighted by Crippen LogP contribution is -2.35. The number of hydrogen-bond donors (Lipinski definition) is 1. The number of hydrogen-bond acceptors (Lipinski definition) is 3. The summed E-state index contributed by atoms with van der Waals surface area (Å²) in [5.41, 5.74) is 5.17. The van der Waals surface area contributed by atoms with E-state index in [9.17, 15) is 19.5 Å². The maximum atomic E-state index is 14.1. The van der Waals surface area contributed by atoms with Crippen LogP contribution in [-0.2, 0) is 11.2 Å². The van der Waals surface area contributed by atoms with E-state index in [2.05, 4.69) is 0 Å². The first-order valence-electron chi connectivity index (χ1n) is 14.3. The average Bonchev–Trinajstić information content (AvgIpc) is 3.04. The number of fused-ring (bicyclic) bond motifs is 1. The second-order valence-corrected chi connectivity index (χ2v) is 10.6. The van der Waals surface area contributed by atoms with Gasteiger partial charge in [-0.1, -0.05) is 97.1 Å². The molecule has 0 radical (unpaired) electrons. The summed E-state index contributed by atoms with van der Waals surface area (Å²) in [6.07, 6.45) is 0.442. The van der Waals surface area contributed by atoms with Gasteiger partial charge in [-0.2, -0.15) is 0 Å². The standard InChI is InChI=1S/C37H34N2O4/c1-26-12-3-4-13-27(26)22-24-39(25-23-35(40)41)37(43)33-20-10-8-18-31(33)30-17-7-9-19-32(30)36(42)38(2)34-21-11-15-28-14-5-6-16-29(28)34/h3-21H,22-25H2,1-2H3,(H,40,41). The van der Waals surface area contributed by atoms with Crippen molar-refractivity contribution < 1.29 is 19.5 Å². The Balaban J connectivity index is 1.49. The number of amides is 2. The van der Waals surface area contributed by atoms with Crippen molar-refractivity contribution in [3.05, 3.63) is 138 Å². The third-order valence-electron chi connectivity index (χ3n) is 7.83. The fourth-order valence-electron chi connectivity index (χ4n) is 5.46. The number of carboxylic acids is 1. The van der Waals surface area contributed by atoms with E-state index in [1.807, 2.05) is 104 Å². The Morgan fingerprint density at radius 3 is 1.93 bits per heavy atom. The smallest absolute Gasteiger partial charge is 0.305 e. The molecule has 0 saturated heterocycles.